The van der Waals surface area contributed by atoms with E-state index < -0.39 is 11.0 Å². The number of morpholine rings is 1. The third-order valence-electron chi connectivity index (χ3n) is 3.70. The number of fused-ring (bicyclic) bond motifs is 2. The van der Waals surface area contributed by atoms with Crippen LogP contribution in [0.15, 0.2) is 24.3 Å². The average molecular weight is 278 g/mol. The first kappa shape index (κ1) is 12.9. The highest BCUT2D eigenvalue weighted by molar-refractivity contribution is 5.72. The van der Waals surface area contributed by atoms with E-state index >= 15 is 0 Å². The van der Waals surface area contributed by atoms with Crippen molar-refractivity contribution in [1.82, 2.24) is 4.90 Å². The van der Waals surface area contributed by atoms with E-state index in [0.717, 1.165) is 12.8 Å². The van der Waals surface area contributed by atoms with Gasteiger partial charge in [0.05, 0.1) is 30.2 Å². The van der Waals surface area contributed by atoms with Crippen LogP contribution in [-0.2, 0) is 4.74 Å². The Labute approximate surface area is 115 Å². The summed E-state index contributed by atoms with van der Waals surface area (Å²) >= 11 is 0. The SMILES string of the molecule is O=C(Oc1ccc([N+](=O)[O-])cc1)N1C2CCC1COC2. The molecule has 3 rings (SSSR count). The highest BCUT2D eigenvalue weighted by Gasteiger charge is 2.41. The van der Waals surface area contributed by atoms with Crippen LogP contribution in [-0.4, -0.2) is 41.2 Å². The van der Waals surface area contributed by atoms with Crippen LogP contribution in [0.3, 0.4) is 0 Å². The lowest BCUT2D eigenvalue weighted by atomic mass is 10.2. The second-order valence-electron chi connectivity index (χ2n) is 4.95. The van der Waals surface area contributed by atoms with E-state index in [1.165, 1.54) is 24.3 Å². The molecule has 2 atom stereocenters. The number of benzene rings is 1. The third kappa shape index (κ3) is 2.32. The number of nitro benzene ring substituents is 1. The zero-order chi connectivity index (χ0) is 14.1. The molecular formula is C13H14N2O5. The topological polar surface area (TPSA) is 81.9 Å². The molecule has 0 aromatic heterocycles. The predicted octanol–water partition coefficient (Wildman–Crippen LogP) is 1.96. The summed E-state index contributed by atoms with van der Waals surface area (Å²) in [5.74, 6) is 0.312. The van der Waals surface area contributed by atoms with Crippen molar-refractivity contribution in [2.24, 2.45) is 0 Å². The standard InChI is InChI=1S/C13H14N2O5/c16-13(14-10-1-2-11(14)8-19-7-10)20-12-5-3-9(4-6-12)15(17)18/h3-6,10-11H,1-2,7-8H2. The highest BCUT2D eigenvalue weighted by Crippen LogP contribution is 2.30. The summed E-state index contributed by atoms with van der Waals surface area (Å²) in [5, 5.41) is 10.6. The molecule has 1 aromatic rings. The minimum atomic E-state index is -0.492. The monoisotopic (exact) mass is 278 g/mol. The third-order valence-corrected chi connectivity index (χ3v) is 3.70. The zero-order valence-corrected chi connectivity index (χ0v) is 10.7. The highest BCUT2D eigenvalue weighted by atomic mass is 16.6. The van der Waals surface area contributed by atoms with Crippen molar-refractivity contribution in [3.05, 3.63) is 34.4 Å². The second-order valence-corrected chi connectivity index (χ2v) is 4.95. The van der Waals surface area contributed by atoms with Crippen molar-refractivity contribution in [3.63, 3.8) is 0 Å². The fraction of sp³-hybridized carbons (Fsp3) is 0.462. The normalized spacial score (nSPS) is 24.5. The van der Waals surface area contributed by atoms with Gasteiger partial charge in [0, 0.05) is 12.1 Å². The predicted molar refractivity (Wildman–Crippen MR) is 68.6 cm³/mol. The molecule has 7 heteroatoms. The molecule has 20 heavy (non-hydrogen) atoms. The number of hydrogen-bond acceptors (Lipinski definition) is 5. The Morgan fingerprint density at radius 1 is 1.25 bits per heavy atom. The number of carbonyl (C=O) groups excluding carboxylic acids is 1. The Morgan fingerprint density at radius 3 is 2.40 bits per heavy atom. The van der Waals surface area contributed by atoms with Gasteiger partial charge in [-0.1, -0.05) is 0 Å². The first-order valence-electron chi connectivity index (χ1n) is 6.47. The minimum absolute atomic E-state index is 0.0313. The summed E-state index contributed by atoms with van der Waals surface area (Å²) in [4.78, 5) is 23.9. The summed E-state index contributed by atoms with van der Waals surface area (Å²) in [7, 11) is 0. The molecule has 2 saturated heterocycles. The van der Waals surface area contributed by atoms with Gasteiger partial charge in [0.1, 0.15) is 5.75 Å². The molecule has 7 nitrogen and oxygen atoms in total. The van der Waals surface area contributed by atoms with Crippen LogP contribution in [0.4, 0.5) is 10.5 Å². The van der Waals surface area contributed by atoms with E-state index in [2.05, 4.69) is 0 Å². The van der Waals surface area contributed by atoms with Crippen LogP contribution in [0.25, 0.3) is 0 Å². The van der Waals surface area contributed by atoms with E-state index in [1.54, 1.807) is 4.90 Å². The second kappa shape index (κ2) is 5.09. The van der Waals surface area contributed by atoms with E-state index in [1.807, 2.05) is 0 Å². The summed E-state index contributed by atoms with van der Waals surface area (Å²) in [5.41, 5.74) is -0.0313. The zero-order valence-electron chi connectivity index (χ0n) is 10.7. The van der Waals surface area contributed by atoms with Crippen LogP contribution >= 0.6 is 0 Å². The number of nitro groups is 1. The number of nitrogens with zero attached hydrogens (tertiary/aromatic N) is 2. The molecule has 0 saturated carbocycles. The maximum atomic E-state index is 12.2. The maximum absolute atomic E-state index is 12.2. The van der Waals surface area contributed by atoms with Crippen LogP contribution in [0.1, 0.15) is 12.8 Å². The Kier molecular flexibility index (Phi) is 3.27. The molecule has 2 aliphatic heterocycles. The molecular weight excluding hydrogens is 264 g/mol. The Morgan fingerprint density at radius 2 is 1.85 bits per heavy atom. The number of hydrogen-bond donors (Lipinski definition) is 0. The minimum Gasteiger partial charge on any atom is -0.410 e. The summed E-state index contributed by atoms with van der Waals surface area (Å²) in [6.45, 7) is 1.09. The smallest absolute Gasteiger partial charge is 0.410 e. The van der Waals surface area contributed by atoms with Gasteiger partial charge in [-0.15, -0.1) is 0 Å². The van der Waals surface area contributed by atoms with E-state index in [-0.39, 0.29) is 17.8 Å². The molecule has 2 unspecified atom stereocenters. The Hall–Kier alpha value is -2.15. The fourth-order valence-electron chi connectivity index (χ4n) is 2.72. The fourth-order valence-corrected chi connectivity index (χ4v) is 2.72. The molecule has 0 N–H and O–H groups in total. The van der Waals surface area contributed by atoms with Crippen molar-refractivity contribution < 1.29 is 19.2 Å². The first-order valence-corrected chi connectivity index (χ1v) is 6.47. The van der Waals surface area contributed by atoms with Crippen molar-refractivity contribution in [2.45, 2.75) is 24.9 Å². The van der Waals surface area contributed by atoms with Gasteiger partial charge in [-0.05, 0) is 25.0 Å². The first-order chi connectivity index (χ1) is 9.65. The average Bonchev–Trinajstić information content (AvgIpc) is 2.69. The number of ether oxygens (including phenoxy) is 2. The molecule has 2 bridgehead atoms. The lowest BCUT2D eigenvalue weighted by molar-refractivity contribution is -0.384. The quantitative estimate of drug-likeness (QED) is 0.610. The number of non-ortho nitro benzene ring substituents is 1. The maximum Gasteiger partial charge on any atom is 0.415 e. The van der Waals surface area contributed by atoms with Crippen molar-refractivity contribution in [3.8, 4) is 5.75 Å². The summed E-state index contributed by atoms with van der Waals surface area (Å²) in [6.07, 6.45) is 1.45. The Bertz CT molecular complexity index is 514. The van der Waals surface area contributed by atoms with E-state index in [4.69, 9.17) is 9.47 Å². The van der Waals surface area contributed by atoms with E-state index in [0.29, 0.717) is 19.0 Å². The molecule has 0 radical (unpaired) electrons. The molecule has 2 heterocycles. The largest absolute Gasteiger partial charge is 0.415 e. The van der Waals surface area contributed by atoms with Gasteiger partial charge in [-0.3, -0.25) is 15.0 Å². The van der Waals surface area contributed by atoms with Gasteiger partial charge in [0.15, 0.2) is 0 Å². The Balaban J connectivity index is 1.68. The molecule has 2 fully saturated rings. The van der Waals surface area contributed by atoms with Crippen LogP contribution in [0.2, 0.25) is 0 Å². The van der Waals surface area contributed by atoms with Gasteiger partial charge in [0.2, 0.25) is 0 Å². The van der Waals surface area contributed by atoms with Crippen LogP contribution < -0.4 is 4.74 Å². The summed E-state index contributed by atoms with van der Waals surface area (Å²) in [6, 6.07) is 5.66. The van der Waals surface area contributed by atoms with Crippen molar-refractivity contribution in [2.75, 3.05) is 13.2 Å². The molecule has 106 valence electrons. The number of rotatable bonds is 2. The molecule has 2 aliphatic rings. The van der Waals surface area contributed by atoms with Crippen molar-refractivity contribution >= 4 is 11.8 Å². The van der Waals surface area contributed by atoms with Gasteiger partial charge < -0.3 is 9.47 Å². The van der Waals surface area contributed by atoms with Crippen molar-refractivity contribution in [1.29, 1.82) is 0 Å². The molecule has 0 aliphatic carbocycles. The summed E-state index contributed by atoms with van der Waals surface area (Å²) < 4.78 is 10.7. The molecule has 1 amide bonds. The van der Waals surface area contributed by atoms with Crippen LogP contribution in [0, 0.1) is 10.1 Å². The van der Waals surface area contributed by atoms with Gasteiger partial charge >= 0.3 is 6.09 Å². The van der Waals surface area contributed by atoms with Gasteiger partial charge in [0.25, 0.3) is 5.69 Å². The lowest BCUT2D eigenvalue weighted by Crippen LogP contribution is -2.50. The molecule has 0 spiro atoms. The number of carbonyl (C=O) groups is 1. The van der Waals surface area contributed by atoms with Gasteiger partial charge in [-0.2, -0.15) is 0 Å². The lowest BCUT2D eigenvalue weighted by Gasteiger charge is -2.33. The number of amides is 1. The van der Waals surface area contributed by atoms with Gasteiger partial charge in [-0.25, -0.2) is 4.79 Å². The van der Waals surface area contributed by atoms with Crippen LogP contribution in [0.5, 0.6) is 5.75 Å². The van der Waals surface area contributed by atoms with E-state index in [9.17, 15) is 14.9 Å². The molecule has 1 aromatic carbocycles.